The van der Waals surface area contributed by atoms with Gasteiger partial charge in [0, 0.05) is 62.5 Å². The summed E-state index contributed by atoms with van der Waals surface area (Å²) in [6.45, 7) is 14.5. The number of carbonyl (C=O) groups excluding carboxylic acids is 3. The Balaban J connectivity index is 0.734. The smallest absolute Gasteiger partial charge is 0.319 e. The Morgan fingerprint density at radius 2 is 1.75 bits per heavy atom. The van der Waals surface area contributed by atoms with Gasteiger partial charge in [-0.1, -0.05) is 58.0 Å². The maximum absolute atomic E-state index is 17.2. The van der Waals surface area contributed by atoms with Gasteiger partial charge in [0.25, 0.3) is 0 Å². The summed E-state index contributed by atoms with van der Waals surface area (Å²) < 4.78 is 44.6. The third-order valence-corrected chi connectivity index (χ3v) is 17.1. The van der Waals surface area contributed by atoms with Crippen molar-refractivity contribution in [2.45, 2.75) is 135 Å². The summed E-state index contributed by atoms with van der Waals surface area (Å²) >= 11 is 1.57. The number of phenolic OH excluding ortho intramolecular Hbond substituents is 1. The van der Waals surface area contributed by atoms with Gasteiger partial charge in [0.2, 0.25) is 17.7 Å². The van der Waals surface area contributed by atoms with Gasteiger partial charge >= 0.3 is 6.01 Å². The number of hydrogen-bond acceptors (Lipinski definition) is 15. The normalized spacial score (nSPS) is 21.3. The molecule has 0 saturated carbocycles. The molecule has 3 aromatic carbocycles. The summed E-state index contributed by atoms with van der Waals surface area (Å²) in [6.07, 6.45) is 6.50. The Morgan fingerprint density at radius 1 is 0.975 bits per heavy atom. The first-order valence-electron chi connectivity index (χ1n) is 27.8. The van der Waals surface area contributed by atoms with Crippen molar-refractivity contribution < 1.29 is 42.9 Å². The molecular formula is C59H72F2N10O7S. The van der Waals surface area contributed by atoms with Crippen LogP contribution in [0.15, 0.2) is 60.2 Å². The van der Waals surface area contributed by atoms with E-state index >= 15 is 8.78 Å². The minimum Gasteiger partial charge on any atom is -0.508 e. The number of aryl methyl sites for hydroxylation is 2. The number of aliphatic hydroxyl groups excluding tert-OH is 1. The topological polar surface area (TPSA) is 208 Å². The van der Waals surface area contributed by atoms with E-state index in [9.17, 15) is 24.6 Å². The number of amides is 3. The molecule has 0 unspecified atom stereocenters. The molecule has 7 atom stereocenters. The molecule has 0 radical (unpaired) electrons. The fourth-order valence-corrected chi connectivity index (χ4v) is 12.8. The molecule has 6 aromatic rings. The van der Waals surface area contributed by atoms with Gasteiger partial charge < -0.3 is 45.4 Å². The third kappa shape index (κ3) is 12.2. The van der Waals surface area contributed by atoms with Gasteiger partial charge in [-0.2, -0.15) is 9.97 Å². The summed E-state index contributed by atoms with van der Waals surface area (Å²) in [5, 5.41) is 32.5. The van der Waals surface area contributed by atoms with Gasteiger partial charge in [-0.3, -0.25) is 24.3 Å². The van der Waals surface area contributed by atoms with E-state index in [1.54, 1.807) is 23.6 Å². The quantitative estimate of drug-likeness (QED) is 0.0492. The number of aliphatic hydroxyl groups is 1. The number of phenols is 1. The van der Waals surface area contributed by atoms with Crippen LogP contribution < -0.4 is 25.6 Å². The lowest BCUT2D eigenvalue weighted by molar-refractivity contribution is -0.144. The number of fused-ring (bicyclic) bond motifs is 4. The van der Waals surface area contributed by atoms with Gasteiger partial charge in [-0.15, -0.1) is 11.3 Å². The highest BCUT2D eigenvalue weighted by molar-refractivity contribution is 7.13. The largest absolute Gasteiger partial charge is 0.508 e. The number of hydrogen-bond donors (Lipinski definition) is 5. The summed E-state index contributed by atoms with van der Waals surface area (Å²) in [5.74, 6) is -1.96. The average molecular weight is 1100 g/mol. The molecule has 20 heteroatoms. The zero-order valence-electron chi connectivity index (χ0n) is 45.9. The van der Waals surface area contributed by atoms with Gasteiger partial charge in [-0.25, -0.2) is 13.8 Å². The number of halogens is 2. The molecule has 420 valence electrons. The SMILES string of the molecule is CCc1c(F)ccc2cc(O)cc(-c3ncc4c(N5C[C@H]6CC[C@@H](C5)N6)nc(OC[C@@H]5CCCN5CCCCOCC(=O)N[C@H](C(=O)N5C[C@@H](O)C[C@H]5C(=O)N[C@@H](C)c5ccc(-c6scnc6C)cc5)C(C)(C)C)nc4c3F)c12. The van der Waals surface area contributed by atoms with Gasteiger partial charge in [0.15, 0.2) is 5.82 Å². The molecule has 0 spiro atoms. The number of unbranched alkanes of at least 4 members (excludes halogenated alkanes) is 1. The van der Waals surface area contributed by atoms with E-state index < -0.39 is 47.1 Å². The van der Waals surface area contributed by atoms with Crippen LogP contribution in [0.2, 0.25) is 0 Å². The number of carbonyl (C=O) groups is 3. The monoisotopic (exact) mass is 1100 g/mol. The zero-order valence-corrected chi connectivity index (χ0v) is 46.7. The maximum Gasteiger partial charge on any atom is 0.319 e. The summed E-state index contributed by atoms with van der Waals surface area (Å²) in [4.78, 5) is 66.9. The first kappa shape index (κ1) is 55.8. The standard InChI is InChI=1S/C59H72F2N10O7S/c1-7-43-46(60)19-16-37-23-41(72)24-44(49(37)43)51-50(61)52-45(26-62-51)55(70-27-38-17-18-39(28-70)65-38)68-58(67-52)78-30-40-11-10-21-69(40)20-8-9-22-77-31-48(74)66-54(59(4,5)6)57(76)71-29-42(73)25-47(71)56(75)64-33(2)35-12-14-36(15-13-35)53-34(3)63-32-79-53/h12-16,19,23-24,26,32-33,38-40,42,47,54,65,72-73H,7-11,17-18,20-22,25,27-31H2,1-6H3,(H,64,75)(H,66,74)/t33-,38-,39+,40-,42-,47-,54+/m0/s1. The van der Waals surface area contributed by atoms with Crippen LogP contribution in [0.3, 0.4) is 0 Å². The second kappa shape index (κ2) is 23.7. The Morgan fingerprint density at radius 3 is 2.47 bits per heavy atom. The number of aromatic hydroxyl groups is 1. The fourth-order valence-electron chi connectivity index (χ4n) is 12.0. The van der Waals surface area contributed by atoms with E-state index in [1.165, 1.54) is 23.1 Å². The highest BCUT2D eigenvalue weighted by atomic mass is 32.1. The van der Waals surface area contributed by atoms with Crippen LogP contribution in [0.25, 0.3) is 43.4 Å². The molecule has 4 saturated heterocycles. The highest BCUT2D eigenvalue weighted by Gasteiger charge is 2.45. The Labute approximate surface area is 463 Å². The van der Waals surface area contributed by atoms with E-state index in [2.05, 4.69) is 40.7 Å². The molecule has 4 aliphatic rings. The van der Waals surface area contributed by atoms with E-state index in [4.69, 9.17) is 14.5 Å². The average Bonchev–Trinajstić information content (AvgIpc) is 4.39. The number of anilines is 1. The van der Waals surface area contributed by atoms with Crippen molar-refractivity contribution in [2.75, 3.05) is 57.4 Å². The third-order valence-electron chi connectivity index (χ3n) is 16.1. The lowest BCUT2D eigenvalue weighted by atomic mass is 9.85. The predicted octanol–water partition coefficient (Wildman–Crippen LogP) is 7.77. The van der Waals surface area contributed by atoms with E-state index in [0.717, 1.165) is 66.9 Å². The zero-order chi connectivity index (χ0) is 55.7. The van der Waals surface area contributed by atoms with Crippen molar-refractivity contribution in [1.29, 1.82) is 0 Å². The van der Waals surface area contributed by atoms with Crippen LogP contribution in [0, 0.1) is 24.0 Å². The molecule has 3 aromatic heterocycles. The van der Waals surface area contributed by atoms with Crippen LogP contribution in [-0.4, -0.2) is 147 Å². The number of likely N-dealkylation sites (tertiary alicyclic amines) is 2. The summed E-state index contributed by atoms with van der Waals surface area (Å²) in [6, 6.07) is 12.2. The fraction of sp³-hybridized carbons (Fsp3) is 0.508. The Kier molecular flexibility index (Phi) is 16.8. The molecule has 79 heavy (non-hydrogen) atoms. The lowest BCUT2D eigenvalue weighted by Gasteiger charge is -2.35. The van der Waals surface area contributed by atoms with Crippen LogP contribution in [-0.2, 0) is 25.5 Å². The predicted molar refractivity (Wildman–Crippen MR) is 300 cm³/mol. The van der Waals surface area contributed by atoms with Crippen molar-refractivity contribution in [2.24, 2.45) is 5.41 Å². The Hall–Kier alpha value is -6.45. The molecule has 17 nitrogen and oxygen atoms in total. The molecule has 7 heterocycles. The highest BCUT2D eigenvalue weighted by Crippen LogP contribution is 2.40. The molecule has 4 aliphatic heterocycles. The van der Waals surface area contributed by atoms with Crippen molar-refractivity contribution in [3.05, 3.63) is 88.7 Å². The van der Waals surface area contributed by atoms with Crippen LogP contribution >= 0.6 is 11.3 Å². The number of benzene rings is 3. The minimum absolute atomic E-state index is 0.0311. The summed E-state index contributed by atoms with van der Waals surface area (Å²) in [7, 11) is 0. The number of nitrogens with zero attached hydrogens (tertiary/aromatic N) is 7. The second-order valence-electron chi connectivity index (χ2n) is 22.8. The van der Waals surface area contributed by atoms with Crippen molar-refractivity contribution >= 4 is 56.6 Å². The van der Waals surface area contributed by atoms with Gasteiger partial charge in [-0.05, 0) is 123 Å². The van der Waals surface area contributed by atoms with Crippen molar-refractivity contribution in [3.8, 4) is 33.5 Å². The number of β-amino-alcohol motifs (C(OH)–C–C–N with tert-alkyl or cyclic N) is 1. The first-order chi connectivity index (χ1) is 37.9. The molecular weight excluding hydrogens is 1030 g/mol. The number of aromatic nitrogens is 4. The molecule has 2 bridgehead atoms. The van der Waals surface area contributed by atoms with E-state index in [-0.39, 0.29) is 84.8 Å². The van der Waals surface area contributed by atoms with E-state index in [0.29, 0.717) is 60.1 Å². The molecule has 4 fully saturated rings. The van der Waals surface area contributed by atoms with Gasteiger partial charge in [0.1, 0.15) is 53.9 Å². The lowest BCUT2D eigenvalue weighted by Crippen LogP contribution is -2.58. The van der Waals surface area contributed by atoms with Gasteiger partial charge in [0.05, 0.1) is 33.6 Å². The van der Waals surface area contributed by atoms with Crippen molar-refractivity contribution in [1.82, 2.24) is 45.7 Å². The molecule has 5 N–H and O–H groups in total. The molecule has 3 amide bonds. The number of nitrogens with one attached hydrogen (secondary N) is 3. The molecule has 0 aliphatic carbocycles. The number of ether oxygens (including phenoxy) is 2. The minimum atomic E-state index is -0.984. The van der Waals surface area contributed by atoms with E-state index in [1.807, 2.05) is 71.3 Å². The number of piperazine rings is 1. The number of pyridine rings is 1. The first-order valence-corrected chi connectivity index (χ1v) is 28.7. The number of thiazole rings is 1. The van der Waals surface area contributed by atoms with Crippen molar-refractivity contribution in [3.63, 3.8) is 0 Å². The van der Waals surface area contributed by atoms with Crippen LogP contribution in [0.5, 0.6) is 11.8 Å². The summed E-state index contributed by atoms with van der Waals surface area (Å²) in [5.41, 5.74) is 4.64. The Bertz CT molecular complexity index is 3200. The number of rotatable bonds is 19. The van der Waals surface area contributed by atoms with Crippen LogP contribution in [0.1, 0.15) is 102 Å². The molecule has 10 rings (SSSR count). The maximum atomic E-state index is 17.2. The van der Waals surface area contributed by atoms with Crippen LogP contribution in [0.4, 0.5) is 14.6 Å². The second-order valence-corrected chi connectivity index (χ2v) is 23.7.